The number of rotatable bonds is 8. The van der Waals surface area contributed by atoms with Crippen molar-refractivity contribution in [1.29, 1.82) is 0 Å². The first-order chi connectivity index (χ1) is 30.4. The van der Waals surface area contributed by atoms with E-state index in [-0.39, 0.29) is 23.3 Å². The summed E-state index contributed by atoms with van der Waals surface area (Å²) in [6.07, 6.45) is 17.4. The number of para-hydroxylation sites is 2. The average Bonchev–Trinajstić information content (AvgIpc) is 3.84. The number of hydrogen-bond acceptors (Lipinski definition) is 7. The summed E-state index contributed by atoms with van der Waals surface area (Å²) in [7, 11) is 0. The molecule has 62 heavy (non-hydrogen) atoms. The third kappa shape index (κ3) is 6.31. The Balaban J connectivity index is 0.939. The molecule has 11 rings (SSSR count). The minimum Gasteiger partial charge on any atom is -0.360 e. The molecule has 6 aromatic carbocycles. The molecule has 0 radical (unpaired) electrons. The number of aromatic nitrogens is 1. The highest BCUT2D eigenvalue weighted by Gasteiger charge is 2.38. The maximum Gasteiger partial charge on any atom is 0.269 e. The topological polar surface area (TPSA) is 119 Å². The number of nitrogens with one attached hydrogen (secondary N) is 1. The Bertz CT molecular complexity index is 3170. The van der Waals surface area contributed by atoms with Crippen molar-refractivity contribution in [2.24, 2.45) is 4.99 Å². The van der Waals surface area contributed by atoms with E-state index in [0.717, 1.165) is 40.9 Å². The second-order valence-corrected chi connectivity index (χ2v) is 15.9. The smallest absolute Gasteiger partial charge is 0.269 e. The SMILES string of the molecule is O=[N+]([O-])c1ccc(C2=CC(c3ccc([N+](=O)[O-])cc3)=NC(c3ccc(N4c5ccccc5C5C=CC(c6ccc7c(c6)c6ccccc6n7C6=CCCC=C6)=CC54)cc3)N2)cc1. The highest BCUT2D eigenvalue weighted by molar-refractivity contribution is 6.13. The molecule has 2 aliphatic heterocycles. The number of anilines is 2. The van der Waals surface area contributed by atoms with E-state index in [1.165, 1.54) is 74.2 Å². The van der Waals surface area contributed by atoms with Gasteiger partial charge < -0.3 is 14.8 Å². The molecule has 7 aromatic rings. The van der Waals surface area contributed by atoms with Crippen LogP contribution in [0, 0.1) is 20.2 Å². The molecule has 0 spiro atoms. The van der Waals surface area contributed by atoms with E-state index >= 15 is 0 Å². The lowest BCUT2D eigenvalue weighted by atomic mass is 9.86. The van der Waals surface area contributed by atoms with E-state index in [9.17, 15) is 20.2 Å². The van der Waals surface area contributed by atoms with Crippen LogP contribution in [0.25, 0.3) is 38.8 Å². The predicted octanol–water partition coefficient (Wildman–Crippen LogP) is 12.2. The molecule has 4 aliphatic rings. The second-order valence-electron chi connectivity index (χ2n) is 15.9. The van der Waals surface area contributed by atoms with Gasteiger partial charge in [0.25, 0.3) is 11.4 Å². The van der Waals surface area contributed by atoms with Gasteiger partial charge in [-0.25, -0.2) is 0 Å². The Hall–Kier alpha value is -8.11. The van der Waals surface area contributed by atoms with Crippen molar-refractivity contribution in [1.82, 2.24) is 9.88 Å². The maximum atomic E-state index is 11.4. The molecular weight excluding hydrogens is 773 g/mol. The summed E-state index contributed by atoms with van der Waals surface area (Å²) >= 11 is 0. The monoisotopic (exact) mass is 810 g/mol. The molecule has 10 nitrogen and oxygen atoms in total. The number of fused-ring (bicyclic) bond motifs is 6. The Morgan fingerprint density at radius 3 is 2.11 bits per heavy atom. The lowest BCUT2D eigenvalue weighted by molar-refractivity contribution is -0.385. The van der Waals surface area contributed by atoms with Gasteiger partial charge in [-0.15, -0.1) is 0 Å². The third-order valence-corrected chi connectivity index (χ3v) is 12.4. The van der Waals surface area contributed by atoms with Crippen LogP contribution in [-0.4, -0.2) is 26.2 Å². The summed E-state index contributed by atoms with van der Waals surface area (Å²) in [4.78, 5) is 29.5. The minimum absolute atomic E-state index is 0.00195. The van der Waals surface area contributed by atoms with Crippen molar-refractivity contribution >= 4 is 67.2 Å². The number of nitro benzene ring substituents is 2. The number of aliphatic imine (C=N–C) groups is 1. The maximum absolute atomic E-state index is 11.4. The summed E-state index contributed by atoms with van der Waals surface area (Å²) in [5.41, 5.74) is 13.2. The van der Waals surface area contributed by atoms with Gasteiger partial charge in [-0.1, -0.05) is 85.0 Å². The van der Waals surface area contributed by atoms with E-state index in [2.05, 4.69) is 142 Å². The first-order valence-corrected chi connectivity index (χ1v) is 20.7. The van der Waals surface area contributed by atoms with Gasteiger partial charge >= 0.3 is 0 Å². The van der Waals surface area contributed by atoms with Gasteiger partial charge in [-0.3, -0.25) is 25.2 Å². The number of non-ortho nitro benzene ring substituents is 2. The molecule has 3 heterocycles. The lowest BCUT2D eigenvalue weighted by Gasteiger charge is -2.31. The lowest BCUT2D eigenvalue weighted by Crippen LogP contribution is -2.29. The van der Waals surface area contributed by atoms with E-state index in [4.69, 9.17) is 4.99 Å². The van der Waals surface area contributed by atoms with Gasteiger partial charge in [0.15, 0.2) is 0 Å². The summed E-state index contributed by atoms with van der Waals surface area (Å²) in [6, 6.07) is 45.4. The van der Waals surface area contributed by atoms with Crippen LogP contribution in [0.2, 0.25) is 0 Å². The Kier molecular flexibility index (Phi) is 8.85. The Morgan fingerprint density at radius 1 is 0.677 bits per heavy atom. The van der Waals surface area contributed by atoms with Gasteiger partial charge in [0.2, 0.25) is 0 Å². The van der Waals surface area contributed by atoms with Crippen LogP contribution < -0.4 is 10.2 Å². The molecule has 300 valence electrons. The summed E-state index contributed by atoms with van der Waals surface area (Å²) in [5, 5.41) is 28.8. The molecular formula is C52H38N6O4. The fourth-order valence-electron chi connectivity index (χ4n) is 9.39. The zero-order valence-corrected chi connectivity index (χ0v) is 33.3. The number of nitro groups is 2. The van der Waals surface area contributed by atoms with Crippen molar-refractivity contribution in [2.45, 2.75) is 31.0 Å². The van der Waals surface area contributed by atoms with Crippen LogP contribution in [0.15, 0.2) is 187 Å². The quantitative estimate of drug-likeness (QED) is 0.121. The molecule has 10 heteroatoms. The minimum atomic E-state index is -0.501. The summed E-state index contributed by atoms with van der Waals surface area (Å²) in [6.45, 7) is 0. The van der Waals surface area contributed by atoms with E-state index in [1.807, 2.05) is 6.08 Å². The van der Waals surface area contributed by atoms with Crippen LogP contribution in [0.5, 0.6) is 0 Å². The van der Waals surface area contributed by atoms with Crippen molar-refractivity contribution in [2.75, 3.05) is 4.90 Å². The van der Waals surface area contributed by atoms with Gasteiger partial charge in [0, 0.05) is 69.3 Å². The molecule has 0 bridgehead atoms. The highest BCUT2D eigenvalue weighted by Crippen LogP contribution is 2.49. The zero-order chi connectivity index (χ0) is 41.9. The molecule has 0 amide bonds. The van der Waals surface area contributed by atoms with Crippen LogP contribution in [0.1, 0.15) is 52.7 Å². The van der Waals surface area contributed by atoms with Crippen molar-refractivity contribution < 1.29 is 9.85 Å². The largest absolute Gasteiger partial charge is 0.360 e. The average molecular weight is 811 g/mol. The van der Waals surface area contributed by atoms with Gasteiger partial charge in [0.05, 0.1) is 32.6 Å². The van der Waals surface area contributed by atoms with Gasteiger partial charge in [-0.2, -0.15) is 0 Å². The number of allylic oxidation sites excluding steroid dienone is 7. The van der Waals surface area contributed by atoms with Crippen molar-refractivity contribution in [3.8, 4) is 0 Å². The zero-order valence-electron chi connectivity index (χ0n) is 33.3. The Morgan fingerprint density at radius 2 is 1.37 bits per heavy atom. The van der Waals surface area contributed by atoms with Gasteiger partial charge in [-0.05, 0) is 113 Å². The van der Waals surface area contributed by atoms with Crippen LogP contribution in [0.3, 0.4) is 0 Å². The first-order valence-electron chi connectivity index (χ1n) is 20.7. The van der Waals surface area contributed by atoms with E-state index < -0.39 is 16.0 Å². The third-order valence-electron chi connectivity index (χ3n) is 12.4. The number of hydrogen-bond donors (Lipinski definition) is 1. The predicted molar refractivity (Wildman–Crippen MR) is 247 cm³/mol. The first kappa shape index (κ1) is 36.9. The molecule has 0 saturated heterocycles. The van der Waals surface area contributed by atoms with E-state index in [0.29, 0.717) is 5.71 Å². The normalized spacial score (nSPS) is 19.0. The Labute approximate surface area is 356 Å². The van der Waals surface area contributed by atoms with Crippen LogP contribution >= 0.6 is 0 Å². The van der Waals surface area contributed by atoms with Crippen molar-refractivity contribution in [3.05, 3.63) is 230 Å². The highest BCUT2D eigenvalue weighted by atomic mass is 16.6. The van der Waals surface area contributed by atoms with E-state index in [1.54, 1.807) is 24.3 Å². The van der Waals surface area contributed by atoms with Crippen molar-refractivity contribution in [3.63, 3.8) is 0 Å². The standard InChI is InChI=1S/C52H38N6O4/c59-57(60)40-24-14-33(15-25-40)46-32-47(34-16-26-41(27-17-34)58(61)62)54-52(53-46)35-18-22-39(23-19-35)56-48-12-6-4-10-42(48)44-28-20-37(31-51(44)56)36-21-29-50-45(30-36)43-11-5-7-13-49(43)55(50)38-8-2-1-3-9-38/h2,4-32,44,51-53H,1,3H2. The van der Waals surface area contributed by atoms with Crippen LogP contribution in [0.4, 0.5) is 22.7 Å². The molecule has 0 fully saturated rings. The molecule has 3 atom stereocenters. The fraction of sp³-hybridized carbons (Fsp3) is 0.0962. The number of benzene rings is 6. The molecule has 1 aromatic heterocycles. The summed E-state index contributed by atoms with van der Waals surface area (Å²) < 4.78 is 2.39. The van der Waals surface area contributed by atoms with Gasteiger partial charge in [0.1, 0.15) is 6.17 Å². The summed E-state index contributed by atoms with van der Waals surface area (Å²) in [5.74, 6) is 0.175. The molecule has 0 saturated carbocycles. The molecule has 3 unspecified atom stereocenters. The van der Waals surface area contributed by atoms with Crippen LogP contribution in [-0.2, 0) is 0 Å². The molecule has 1 N–H and O–H groups in total. The molecule has 2 aliphatic carbocycles. The fourth-order valence-corrected chi connectivity index (χ4v) is 9.39. The second kappa shape index (κ2) is 14.9. The number of nitrogens with zero attached hydrogens (tertiary/aromatic N) is 5.